The zero-order chi connectivity index (χ0) is 21.0. The number of rotatable bonds is 5. The van der Waals surface area contributed by atoms with Crippen molar-refractivity contribution in [3.63, 3.8) is 0 Å². The Balaban J connectivity index is 1.28. The molecule has 0 N–H and O–H groups in total. The third-order valence-electron chi connectivity index (χ3n) is 5.72. The third-order valence-corrected chi connectivity index (χ3v) is 5.98. The summed E-state index contributed by atoms with van der Waals surface area (Å²) in [5.74, 6) is 1.57. The highest BCUT2D eigenvalue weighted by atomic mass is 35.5. The van der Waals surface area contributed by atoms with Crippen molar-refractivity contribution in [3.8, 4) is 11.5 Å². The Morgan fingerprint density at radius 3 is 2.29 bits per heavy atom. The molecule has 1 atom stereocenters. The van der Waals surface area contributed by atoms with E-state index in [2.05, 4.69) is 52.4 Å². The van der Waals surface area contributed by atoms with Gasteiger partial charge >= 0.3 is 0 Å². The van der Waals surface area contributed by atoms with Gasteiger partial charge in [0.05, 0.1) is 12.3 Å². The average molecular weight is 434 g/mol. The highest BCUT2D eigenvalue weighted by Crippen LogP contribution is 2.32. The van der Waals surface area contributed by atoms with Gasteiger partial charge in [0, 0.05) is 31.2 Å². The molecule has 158 valence electrons. The van der Waals surface area contributed by atoms with Crippen LogP contribution < -0.4 is 9.47 Å². The van der Waals surface area contributed by atoms with Crippen LogP contribution in [0.3, 0.4) is 0 Å². The molecule has 2 heterocycles. The quantitative estimate of drug-likeness (QED) is 0.541. The molecule has 3 aromatic carbocycles. The normalized spacial score (nSPS) is 17.3. The predicted octanol–water partition coefficient (Wildman–Crippen LogP) is 4.81. The summed E-state index contributed by atoms with van der Waals surface area (Å²) in [6.07, 6.45) is 1.89. The lowest BCUT2D eigenvalue weighted by Gasteiger charge is -2.38. The van der Waals surface area contributed by atoms with Gasteiger partial charge in [0.2, 0.25) is 6.79 Å². The van der Waals surface area contributed by atoms with E-state index in [1.54, 1.807) is 0 Å². The topological polar surface area (TPSA) is 37.3 Å². The highest BCUT2D eigenvalue weighted by molar-refractivity contribution is 6.30. The Hall–Kier alpha value is -3.02. The van der Waals surface area contributed by atoms with Crippen LogP contribution in [-0.4, -0.2) is 49.1 Å². The van der Waals surface area contributed by atoms with Crippen LogP contribution >= 0.6 is 11.6 Å². The van der Waals surface area contributed by atoms with Gasteiger partial charge in [0.25, 0.3) is 0 Å². The van der Waals surface area contributed by atoms with Crippen LogP contribution in [-0.2, 0) is 0 Å². The molecule has 6 heteroatoms. The maximum absolute atomic E-state index is 6.13. The van der Waals surface area contributed by atoms with Gasteiger partial charge in [0.1, 0.15) is 0 Å². The van der Waals surface area contributed by atoms with Crippen LogP contribution in [0.1, 0.15) is 22.7 Å². The summed E-state index contributed by atoms with van der Waals surface area (Å²) in [5, 5.41) is 7.59. The molecule has 1 fully saturated rings. The number of fused-ring (bicyclic) bond motifs is 1. The molecule has 2 aliphatic heterocycles. The Kier molecular flexibility index (Phi) is 5.78. The van der Waals surface area contributed by atoms with E-state index < -0.39 is 0 Å². The maximum Gasteiger partial charge on any atom is 0.231 e. The van der Waals surface area contributed by atoms with Crippen molar-refractivity contribution >= 4 is 17.8 Å². The van der Waals surface area contributed by atoms with Crippen molar-refractivity contribution in [2.75, 3.05) is 33.0 Å². The molecule has 0 radical (unpaired) electrons. The first-order valence-electron chi connectivity index (χ1n) is 10.5. The van der Waals surface area contributed by atoms with E-state index in [4.69, 9.17) is 26.2 Å². The van der Waals surface area contributed by atoms with Gasteiger partial charge < -0.3 is 9.47 Å². The second-order valence-electron chi connectivity index (χ2n) is 7.71. The van der Waals surface area contributed by atoms with Crippen LogP contribution in [0.4, 0.5) is 0 Å². The van der Waals surface area contributed by atoms with Crippen LogP contribution in [0, 0.1) is 0 Å². The lowest BCUT2D eigenvalue weighted by molar-refractivity contribution is 0.113. The number of nitrogens with zero attached hydrogens (tertiary/aromatic N) is 3. The number of ether oxygens (including phenoxy) is 2. The van der Waals surface area contributed by atoms with Crippen molar-refractivity contribution in [1.82, 2.24) is 9.91 Å². The van der Waals surface area contributed by atoms with Crippen molar-refractivity contribution < 1.29 is 9.47 Å². The minimum Gasteiger partial charge on any atom is -0.454 e. The molecule has 0 bridgehead atoms. The van der Waals surface area contributed by atoms with E-state index in [9.17, 15) is 0 Å². The molecule has 0 aliphatic carbocycles. The first kappa shape index (κ1) is 19.9. The molecule has 5 nitrogen and oxygen atoms in total. The molecule has 31 heavy (non-hydrogen) atoms. The third kappa shape index (κ3) is 4.53. The van der Waals surface area contributed by atoms with Gasteiger partial charge in [-0.1, -0.05) is 54.1 Å². The van der Waals surface area contributed by atoms with Gasteiger partial charge in [-0.15, -0.1) is 0 Å². The largest absolute Gasteiger partial charge is 0.454 e. The lowest BCUT2D eigenvalue weighted by atomic mass is 9.96. The van der Waals surface area contributed by atoms with Gasteiger partial charge in [0.15, 0.2) is 11.5 Å². The van der Waals surface area contributed by atoms with Crippen molar-refractivity contribution in [3.05, 3.63) is 94.5 Å². The SMILES string of the molecule is Clc1ccc(C(c2ccccc2)N2CCN(N=Cc3ccc4c(c3)OCO4)CC2)cc1. The summed E-state index contributed by atoms with van der Waals surface area (Å²) < 4.78 is 10.8. The minimum absolute atomic E-state index is 0.207. The monoisotopic (exact) mass is 433 g/mol. The van der Waals surface area contributed by atoms with Crippen molar-refractivity contribution in [2.45, 2.75) is 6.04 Å². The second-order valence-corrected chi connectivity index (χ2v) is 8.15. The van der Waals surface area contributed by atoms with Crippen molar-refractivity contribution in [2.24, 2.45) is 5.10 Å². The molecule has 0 amide bonds. The number of hydrazone groups is 1. The molecule has 0 spiro atoms. The van der Waals surface area contributed by atoms with Gasteiger partial charge in [-0.05, 0) is 47.0 Å². The Morgan fingerprint density at radius 2 is 1.52 bits per heavy atom. The molecule has 0 saturated carbocycles. The minimum atomic E-state index is 0.207. The molecule has 0 aromatic heterocycles. The van der Waals surface area contributed by atoms with E-state index >= 15 is 0 Å². The fourth-order valence-electron chi connectivity index (χ4n) is 4.12. The van der Waals surface area contributed by atoms with Gasteiger partial charge in [-0.2, -0.15) is 5.10 Å². The number of benzene rings is 3. The number of piperazine rings is 1. The molecule has 3 aromatic rings. The van der Waals surface area contributed by atoms with E-state index in [0.717, 1.165) is 48.3 Å². The molecule has 1 unspecified atom stereocenters. The smallest absolute Gasteiger partial charge is 0.231 e. The number of halogens is 1. The zero-order valence-electron chi connectivity index (χ0n) is 17.2. The second kappa shape index (κ2) is 9.00. The standard InChI is InChI=1S/C25H24ClN3O2/c26-22-9-7-21(8-10-22)25(20-4-2-1-3-5-20)28-12-14-29(15-13-28)27-17-19-6-11-23-24(16-19)31-18-30-23/h1-11,16-17,25H,12-15,18H2. The summed E-state index contributed by atoms with van der Waals surface area (Å²) >= 11 is 6.13. The molecular formula is C25H24ClN3O2. The Labute approximate surface area is 187 Å². The van der Waals surface area contributed by atoms with Gasteiger partial charge in [-0.25, -0.2) is 0 Å². The van der Waals surface area contributed by atoms with E-state index in [1.807, 2.05) is 36.5 Å². The highest BCUT2D eigenvalue weighted by Gasteiger charge is 2.26. The maximum atomic E-state index is 6.13. The average Bonchev–Trinajstić information content (AvgIpc) is 3.29. The first-order valence-corrected chi connectivity index (χ1v) is 10.9. The van der Waals surface area contributed by atoms with Crippen molar-refractivity contribution in [1.29, 1.82) is 0 Å². The van der Waals surface area contributed by atoms with Crippen LogP contribution in [0.5, 0.6) is 11.5 Å². The lowest BCUT2D eigenvalue weighted by Crippen LogP contribution is -2.45. The zero-order valence-corrected chi connectivity index (χ0v) is 17.9. The molecule has 5 rings (SSSR count). The fourth-order valence-corrected chi connectivity index (χ4v) is 4.25. The van der Waals surface area contributed by atoms with E-state index in [0.29, 0.717) is 0 Å². The summed E-state index contributed by atoms with van der Waals surface area (Å²) in [6, 6.07) is 25.0. The molecule has 2 aliphatic rings. The van der Waals surface area contributed by atoms with Crippen LogP contribution in [0.2, 0.25) is 5.02 Å². The molecular weight excluding hydrogens is 410 g/mol. The number of hydrogen-bond donors (Lipinski definition) is 0. The Bertz CT molecular complexity index is 1050. The van der Waals surface area contributed by atoms with Crippen LogP contribution in [0.25, 0.3) is 0 Å². The Morgan fingerprint density at radius 1 is 0.806 bits per heavy atom. The summed E-state index contributed by atoms with van der Waals surface area (Å²) in [7, 11) is 0. The first-order chi connectivity index (χ1) is 15.3. The number of hydrogen-bond acceptors (Lipinski definition) is 5. The van der Waals surface area contributed by atoms with E-state index in [-0.39, 0.29) is 12.8 Å². The molecule has 1 saturated heterocycles. The summed E-state index contributed by atoms with van der Waals surface area (Å²) in [4.78, 5) is 2.52. The van der Waals surface area contributed by atoms with E-state index in [1.165, 1.54) is 11.1 Å². The summed E-state index contributed by atoms with van der Waals surface area (Å²) in [5.41, 5.74) is 3.56. The van der Waals surface area contributed by atoms with Gasteiger partial charge in [-0.3, -0.25) is 9.91 Å². The fraction of sp³-hybridized carbons (Fsp3) is 0.240. The van der Waals surface area contributed by atoms with Crippen LogP contribution in [0.15, 0.2) is 77.9 Å². The predicted molar refractivity (Wildman–Crippen MR) is 123 cm³/mol. The summed E-state index contributed by atoms with van der Waals surface area (Å²) in [6.45, 7) is 3.89.